The number of rotatable bonds is 5. The molecule has 0 aliphatic rings. The Morgan fingerprint density at radius 1 is 1.15 bits per heavy atom. The molecule has 0 saturated carbocycles. The third kappa shape index (κ3) is 3.02. The molecule has 0 aliphatic heterocycles. The lowest BCUT2D eigenvalue weighted by Crippen LogP contribution is -2.23. The van der Waals surface area contributed by atoms with Crippen LogP contribution < -0.4 is 4.90 Å². The molecule has 0 spiro atoms. The molecular formula is C16H17FN2O. The van der Waals surface area contributed by atoms with Crippen molar-refractivity contribution in [1.29, 1.82) is 0 Å². The predicted molar refractivity (Wildman–Crippen MR) is 77.6 cm³/mol. The van der Waals surface area contributed by atoms with Gasteiger partial charge in [0.1, 0.15) is 17.3 Å². The summed E-state index contributed by atoms with van der Waals surface area (Å²) in [7, 11) is 0. The van der Waals surface area contributed by atoms with Crippen LogP contribution in [0.4, 0.5) is 10.2 Å². The number of pyridine rings is 1. The zero-order valence-electron chi connectivity index (χ0n) is 11.6. The Morgan fingerprint density at radius 3 is 2.50 bits per heavy atom. The summed E-state index contributed by atoms with van der Waals surface area (Å²) in [4.78, 5) is 18.7. The number of nitrogens with zero attached hydrogens (tertiary/aromatic N) is 2. The van der Waals surface area contributed by atoms with E-state index in [4.69, 9.17) is 0 Å². The van der Waals surface area contributed by atoms with E-state index in [9.17, 15) is 9.18 Å². The van der Waals surface area contributed by atoms with Crippen molar-refractivity contribution in [1.82, 2.24) is 4.98 Å². The second-order valence-electron chi connectivity index (χ2n) is 4.39. The molecule has 1 aromatic heterocycles. The third-order valence-corrected chi connectivity index (χ3v) is 3.14. The van der Waals surface area contributed by atoms with Crippen LogP contribution in [0, 0.1) is 5.82 Å². The van der Waals surface area contributed by atoms with Crippen LogP contribution in [0.2, 0.25) is 0 Å². The molecule has 0 unspecified atom stereocenters. The largest absolute Gasteiger partial charge is 0.357 e. The Bertz CT molecular complexity index is 609. The number of aromatic nitrogens is 1. The summed E-state index contributed by atoms with van der Waals surface area (Å²) in [6.07, 6.45) is 0. The highest BCUT2D eigenvalue weighted by molar-refractivity contribution is 6.07. The maximum atomic E-state index is 13.2. The average Bonchev–Trinajstić information content (AvgIpc) is 2.48. The Kier molecular flexibility index (Phi) is 4.45. The maximum absolute atomic E-state index is 13.2. The molecule has 104 valence electrons. The summed E-state index contributed by atoms with van der Waals surface area (Å²) in [5.74, 6) is 0.0755. The van der Waals surface area contributed by atoms with Gasteiger partial charge in [0.2, 0.25) is 5.78 Å². The van der Waals surface area contributed by atoms with Crippen molar-refractivity contribution in [3.8, 4) is 0 Å². The topological polar surface area (TPSA) is 33.2 Å². The fraction of sp³-hybridized carbons (Fsp3) is 0.250. The smallest absolute Gasteiger partial charge is 0.211 e. The maximum Gasteiger partial charge on any atom is 0.211 e. The summed E-state index contributed by atoms with van der Waals surface area (Å²) in [6, 6.07) is 11.0. The van der Waals surface area contributed by atoms with Gasteiger partial charge in [-0.15, -0.1) is 0 Å². The highest BCUT2D eigenvalue weighted by Gasteiger charge is 2.13. The molecule has 2 aromatic rings. The van der Waals surface area contributed by atoms with Crippen molar-refractivity contribution in [2.75, 3.05) is 18.0 Å². The van der Waals surface area contributed by atoms with Gasteiger partial charge in [0.05, 0.1) is 0 Å². The summed E-state index contributed by atoms with van der Waals surface area (Å²) < 4.78 is 13.2. The molecule has 1 aromatic carbocycles. The van der Waals surface area contributed by atoms with Crippen molar-refractivity contribution < 1.29 is 9.18 Å². The second kappa shape index (κ2) is 6.28. The molecule has 1 heterocycles. The Morgan fingerprint density at radius 2 is 1.85 bits per heavy atom. The van der Waals surface area contributed by atoms with Crippen LogP contribution >= 0.6 is 0 Å². The lowest BCUT2D eigenvalue weighted by Gasteiger charge is -2.19. The van der Waals surface area contributed by atoms with E-state index in [-0.39, 0.29) is 5.78 Å². The number of hydrogen-bond acceptors (Lipinski definition) is 3. The highest BCUT2D eigenvalue weighted by atomic mass is 19.1. The monoisotopic (exact) mass is 272 g/mol. The van der Waals surface area contributed by atoms with E-state index in [1.807, 2.05) is 19.9 Å². The molecule has 0 aliphatic carbocycles. The SMILES string of the molecule is CCN(CC)c1cccc(C(=O)c2cccc(F)c2)n1. The zero-order chi connectivity index (χ0) is 14.5. The molecule has 4 heteroatoms. The van der Waals surface area contributed by atoms with E-state index in [0.717, 1.165) is 18.9 Å². The summed E-state index contributed by atoms with van der Waals surface area (Å²) in [6.45, 7) is 5.71. The Hall–Kier alpha value is -2.23. The van der Waals surface area contributed by atoms with E-state index < -0.39 is 5.82 Å². The molecule has 2 rings (SSSR count). The molecule has 0 bridgehead atoms. The molecule has 20 heavy (non-hydrogen) atoms. The standard InChI is InChI=1S/C16H17FN2O/c1-3-19(4-2)15-10-6-9-14(18-15)16(20)12-7-5-8-13(17)11-12/h5-11H,3-4H2,1-2H3. The molecule has 0 fully saturated rings. The first-order chi connectivity index (χ1) is 9.65. The van der Waals surface area contributed by atoms with Crippen LogP contribution in [0.15, 0.2) is 42.5 Å². The number of anilines is 1. The minimum Gasteiger partial charge on any atom is -0.357 e. The fourth-order valence-corrected chi connectivity index (χ4v) is 2.05. The van der Waals surface area contributed by atoms with E-state index in [0.29, 0.717) is 11.3 Å². The van der Waals surface area contributed by atoms with Gasteiger partial charge < -0.3 is 4.90 Å². The molecule has 3 nitrogen and oxygen atoms in total. The van der Waals surface area contributed by atoms with E-state index in [1.54, 1.807) is 18.2 Å². The van der Waals surface area contributed by atoms with Gasteiger partial charge in [0, 0.05) is 18.7 Å². The van der Waals surface area contributed by atoms with Gasteiger partial charge in [-0.05, 0) is 38.1 Å². The third-order valence-electron chi connectivity index (χ3n) is 3.14. The van der Waals surface area contributed by atoms with E-state index in [2.05, 4.69) is 9.88 Å². The molecule has 0 saturated heterocycles. The van der Waals surface area contributed by atoms with Crippen LogP contribution in [-0.2, 0) is 0 Å². The predicted octanol–water partition coefficient (Wildman–Crippen LogP) is 3.30. The summed E-state index contributed by atoms with van der Waals surface area (Å²) >= 11 is 0. The van der Waals surface area contributed by atoms with Gasteiger partial charge in [-0.25, -0.2) is 9.37 Å². The number of carbonyl (C=O) groups is 1. The summed E-state index contributed by atoms with van der Waals surface area (Å²) in [5.41, 5.74) is 0.647. The molecule has 0 amide bonds. The lowest BCUT2D eigenvalue weighted by atomic mass is 10.1. The van der Waals surface area contributed by atoms with Gasteiger partial charge in [-0.3, -0.25) is 4.79 Å². The number of hydrogen-bond donors (Lipinski definition) is 0. The Balaban J connectivity index is 2.33. The first-order valence-corrected chi connectivity index (χ1v) is 6.68. The first kappa shape index (κ1) is 14.2. The van der Waals surface area contributed by atoms with Gasteiger partial charge in [0.15, 0.2) is 0 Å². The number of ketones is 1. The van der Waals surface area contributed by atoms with Gasteiger partial charge in [-0.2, -0.15) is 0 Å². The average molecular weight is 272 g/mol. The van der Waals surface area contributed by atoms with Crippen LogP contribution in [-0.4, -0.2) is 23.9 Å². The van der Waals surface area contributed by atoms with Crippen molar-refractivity contribution in [2.45, 2.75) is 13.8 Å². The molecule has 0 radical (unpaired) electrons. The second-order valence-corrected chi connectivity index (χ2v) is 4.39. The highest BCUT2D eigenvalue weighted by Crippen LogP contribution is 2.14. The van der Waals surface area contributed by atoms with Gasteiger partial charge in [0.25, 0.3) is 0 Å². The van der Waals surface area contributed by atoms with Gasteiger partial charge in [-0.1, -0.05) is 18.2 Å². The normalized spacial score (nSPS) is 10.3. The number of carbonyl (C=O) groups excluding carboxylic acids is 1. The van der Waals surface area contributed by atoms with Crippen LogP contribution in [0.1, 0.15) is 29.9 Å². The van der Waals surface area contributed by atoms with E-state index in [1.165, 1.54) is 18.2 Å². The van der Waals surface area contributed by atoms with E-state index >= 15 is 0 Å². The van der Waals surface area contributed by atoms with Crippen molar-refractivity contribution in [2.24, 2.45) is 0 Å². The fourth-order valence-electron chi connectivity index (χ4n) is 2.05. The molecule has 0 N–H and O–H groups in total. The number of benzene rings is 1. The number of halogens is 1. The van der Waals surface area contributed by atoms with Crippen LogP contribution in [0.5, 0.6) is 0 Å². The van der Waals surface area contributed by atoms with Crippen LogP contribution in [0.3, 0.4) is 0 Å². The molecule has 0 atom stereocenters. The minimum absolute atomic E-state index is 0.265. The molecular weight excluding hydrogens is 255 g/mol. The first-order valence-electron chi connectivity index (χ1n) is 6.68. The van der Waals surface area contributed by atoms with Crippen molar-refractivity contribution >= 4 is 11.6 Å². The Labute approximate surface area is 118 Å². The van der Waals surface area contributed by atoms with Crippen LogP contribution in [0.25, 0.3) is 0 Å². The lowest BCUT2D eigenvalue weighted by molar-refractivity contribution is 0.103. The minimum atomic E-state index is -0.421. The zero-order valence-corrected chi connectivity index (χ0v) is 11.6. The quantitative estimate of drug-likeness (QED) is 0.783. The summed E-state index contributed by atoms with van der Waals surface area (Å²) in [5, 5.41) is 0. The van der Waals surface area contributed by atoms with Crippen molar-refractivity contribution in [3.05, 3.63) is 59.5 Å². The van der Waals surface area contributed by atoms with Gasteiger partial charge >= 0.3 is 0 Å². The van der Waals surface area contributed by atoms with Crippen molar-refractivity contribution in [3.63, 3.8) is 0 Å².